The van der Waals surface area contributed by atoms with E-state index in [4.69, 9.17) is 4.74 Å². The number of para-hydroxylation sites is 1. The first-order valence-corrected chi connectivity index (χ1v) is 7.77. The summed E-state index contributed by atoms with van der Waals surface area (Å²) in [7, 11) is 0. The van der Waals surface area contributed by atoms with E-state index < -0.39 is 0 Å². The molecule has 2 aromatic carbocycles. The molecule has 0 radical (unpaired) electrons. The lowest BCUT2D eigenvalue weighted by atomic mass is 10.0. The fourth-order valence-corrected chi connectivity index (χ4v) is 2.99. The molecule has 0 saturated carbocycles. The lowest BCUT2D eigenvalue weighted by Gasteiger charge is -2.18. The third kappa shape index (κ3) is 2.65. The van der Waals surface area contributed by atoms with E-state index in [1.54, 1.807) is 12.4 Å². The normalized spacial score (nSPS) is 17.1. The second-order valence-electron chi connectivity index (χ2n) is 5.69. The molecule has 4 rings (SSSR count). The highest BCUT2D eigenvalue weighted by atomic mass is 16.5. The highest BCUT2D eigenvalue weighted by Crippen LogP contribution is 2.31. The highest BCUT2D eigenvalue weighted by Gasteiger charge is 2.21. The molecule has 23 heavy (non-hydrogen) atoms. The number of imidazole rings is 1. The lowest BCUT2D eigenvalue weighted by molar-refractivity contribution is 0.0935. The number of aromatic amines is 1. The molecule has 1 aromatic heterocycles. The van der Waals surface area contributed by atoms with Gasteiger partial charge in [0.2, 0.25) is 0 Å². The number of hydrogen-bond donors (Lipinski definition) is 2. The van der Waals surface area contributed by atoms with Crippen LogP contribution in [0.15, 0.2) is 48.8 Å². The van der Waals surface area contributed by atoms with Crippen molar-refractivity contribution in [3.05, 3.63) is 59.9 Å². The minimum atomic E-state index is -0.0804. The first kappa shape index (κ1) is 13.8. The number of rotatable bonds is 2. The molecule has 0 spiro atoms. The SMILES string of the molecule is O=C(NC1CCCOc2ccccc21)c1ccc2nc[nH]c2c1. The number of aromatic nitrogens is 2. The summed E-state index contributed by atoms with van der Waals surface area (Å²) in [5.74, 6) is 0.780. The molecule has 0 fully saturated rings. The second-order valence-corrected chi connectivity index (χ2v) is 5.69. The van der Waals surface area contributed by atoms with Crippen LogP contribution in [0.4, 0.5) is 0 Å². The standard InChI is InChI=1S/C18H17N3O2/c22-18(12-7-8-15-16(10-12)20-11-19-15)21-14-5-3-9-23-17-6-2-1-4-13(14)17/h1-2,4,6-8,10-11,14H,3,5,9H2,(H,19,20)(H,21,22). The first-order valence-electron chi connectivity index (χ1n) is 7.77. The summed E-state index contributed by atoms with van der Waals surface area (Å²) in [4.78, 5) is 19.8. The zero-order chi connectivity index (χ0) is 15.6. The molecular formula is C18H17N3O2. The van der Waals surface area contributed by atoms with E-state index in [0.717, 1.165) is 35.2 Å². The summed E-state index contributed by atoms with van der Waals surface area (Å²) >= 11 is 0. The Kier molecular flexibility index (Phi) is 3.46. The number of fused-ring (bicyclic) bond motifs is 2. The van der Waals surface area contributed by atoms with E-state index in [1.165, 1.54) is 0 Å². The number of benzene rings is 2. The maximum atomic E-state index is 12.6. The van der Waals surface area contributed by atoms with Crippen molar-refractivity contribution in [2.24, 2.45) is 0 Å². The van der Waals surface area contributed by atoms with Crippen LogP contribution in [0, 0.1) is 0 Å². The molecule has 1 unspecified atom stereocenters. The number of amides is 1. The average molecular weight is 307 g/mol. The fraction of sp³-hybridized carbons (Fsp3) is 0.222. The number of hydrogen-bond acceptors (Lipinski definition) is 3. The van der Waals surface area contributed by atoms with Crippen LogP contribution >= 0.6 is 0 Å². The molecule has 3 aromatic rings. The predicted octanol–water partition coefficient (Wildman–Crippen LogP) is 3.21. The van der Waals surface area contributed by atoms with Crippen LogP contribution in [0.2, 0.25) is 0 Å². The first-order chi connectivity index (χ1) is 11.3. The molecule has 0 saturated heterocycles. The van der Waals surface area contributed by atoms with Gasteiger partial charge in [0.1, 0.15) is 5.75 Å². The number of carbonyl (C=O) groups is 1. The number of ether oxygens (including phenoxy) is 1. The van der Waals surface area contributed by atoms with Gasteiger partial charge in [-0.25, -0.2) is 4.98 Å². The maximum Gasteiger partial charge on any atom is 0.251 e. The van der Waals surface area contributed by atoms with Gasteiger partial charge < -0.3 is 15.0 Å². The Morgan fingerprint density at radius 3 is 3.13 bits per heavy atom. The number of carbonyl (C=O) groups excluding carboxylic acids is 1. The van der Waals surface area contributed by atoms with Gasteiger partial charge in [0, 0.05) is 11.1 Å². The van der Waals surface area contributed by atoms with Crippen LogP contribution in [0.1, 0.15) is 34.8 Å². The van der Waals surface area contributed by atoms with Crippen molar-refractivity contribution < 1.29 is 9.53 Å². The van der Waals surface area contributed by atoms with Crippen molar-refractivity contribution in [2.75, 3.05) is 6.61 Å². The van der Waals surface area contributed by atoms with Crippen molar-refractivity contribution in [1.82, 2.24) is 15.3 Å². The van der Waals surface area contributed by atoms with Crippen LogP contribution in [0.5, 0.6) is 5.75 Å². The monoisotopic (exact) mass is 307 g/mol. The summed E-state index contributed by atoms with van der Waals surface area (Å²) in [6, 6.07) is 13.4. The topological polar surface area (TPSA) is 67.0 Å². The Bertz CT molecular complexity index is 856. The summed E-state index contributed by atoms with van der Waals surface area (Å²) in [5.41, 5.74) is 3.39. The molecule has 1 amide bonds. The third-order valence-electron chi connectivity index (χ3n) is 4.18. The zero-order valence-electron chi connectivity index (χ0n) is 12.6. The summed E-state index contributed by atoms with van der Waals surface area (Å²) in [5, 5.41) is 3.14. The van der Waals surface area contributed by atoms with Crippen LogP contribution in [0.25, 0.3) is 11.0 Å². The highest BCUT2D eigenvalue weighted by molar-refractivity contribution is 5.97. The number of H-pyrrole nitrogens is 1. The molecule has 1 aliphatic heterocycles. The van der Waals surface area contributed by atoms with Gasteiger partial charge in [-0.15, -0.1) is 0 Å². The van der Waals surface area contributed by atoms with Crippen molar-refractivity contribution in [3.63, 3.8) is 0 Å². The van der Waals surface area contributed by atoms with Gasteiger partial charge in [0.05, 0.1) is 30.0 Å². The Morgan fingerprint density at radius 2 is 2.17 bits per heavy atom. The Hall–Kier alpha value is -2.82. The zero-order valence-corrected chi connectivity index (χ0v) is 12.6. The summed E-state index contributed by atoms with van der Waals surface area (Å²) in [6.07, 6.45) is 3.42. The van der Waals surface area contributed by atoms with Crippen LogP contribution in [-0.2, 0) is 0 Å². The molecule has 5 heteroatoms. The van der Waals surface area contributed by atoms with Gasteiger partial charge in [-0.1, -0.05) is 18.2 Å². The number of nitrogens with zero attached hydrogens (tertiary/aromatic N) is 1. The predicted molar refractivity (Wildman–Crippen MR) is 87.5 cm³/mol. The molecule has 1 aliphatic rings. The smallest absolute Gasteiger partial charge is 0.251 e. The molecular weight excluding hydrogens is 290 g/mol. The van der Waals surface area contributed by atoms with E-state index in [9.17, 15) is 4.79 Å². The largest absolute Gasteiger partial charge is 0.493 e. The molecule has 0 aliphatic carbocycles. The van der Waals surface area contributed by atoms with E-state index >= 15 is 0 Å². The van der Waals surface area contributed by atoms with Gasteiger partial charge in [0.25, 0.3) is 5.91 Å². The Morgan fingerprint density at radius 1 is 1.26 bits per heavy atom. The van der Waals surface area contributed by atoms with Gasteiger partial charge in [-0.2, -0.15) is 0 Å². The van der Waals surface area contributed by atoms with E-state index in [1.807, 2.05) is 36.4 Å². The molecule has 1 atom stereocenters. The van der Waals surface area contributed by atoms with Crippen molar-refractivity contribution in [2.45, 2.75) is 18.9 Å². The minimum absolute atomic E-state index is 0.0290. The van der Waals surface area contributed by atoms with Crippen LogP contribution in [-0.4, -0.2) is 22.5 Å². The van der Waals surface area contributed by atoms with Gasteiger partial charge in [0.15, 0.2) is 0 Å². The quantitative estimate of drug-likeness (QED) is 0.764. The molecule has 2 heterocycles. The summed E-state index contributed by atoms with van der Waals surface area (Å²) in [6.45, 7) is 0.684. The third-order valence-corrected chi connectivity index (χ3v) is 4.18. The van der Waals surface area contributed by atoms with Gasteiger partial charge >= 0.3 is 0 Å². The average Bonchev–Trinajstić information content (AvgIpc) is 2.96. The number of nitrogens with one attached hydrogen (secondary N) is 2. The maximum absolute atomic E-state index is 12.6. The van der Waals surface area contributed by atoms with Crippen LogP contribution < -0.4 is 10.1 Å². The Balaban J connectivity index is 1.60. The molecule has 116 valence electrons. The summed E-state index contributed by atoms with van der Waals surface area (Å²) < 4.78 is 5.75. The molecule has 0 bridgehead atoms. The van der Waals surface area contributed by atoms with Crippen molar-refractivity contribution in [3.8, 4) is 5.75 Å². The van der Waals surface area contributed by atoms with Gasteiger partial charge in [-0.05, 0) is 37.1 Å². The van der Waals surface area contributed by atoms with Gasteiger partial charge in [-0.3, -0.25) is 4.79 Å². The van der Waals surface area contributed by atoms with Crippen LogP contribution in [0.3, 0.4) is 0 Å². The minimum Gasteiger partial charge on any atom is -0.493 e. The van der Waals surface area contributed by atoms with E-state index in [2.05, 4.69) is 15.3 Å². The molecule has 2 N–H and O–H groups in total. The fourth-order valence-electron chi connectivity index (χ4n) is 2.99. The second kappa shape index (κ2) is 5.76. The van der Waals surface area contributed by atoms with E-state index in [0.29, 0.717) is 12.2 Å². The molecule has 5 nitrogen and oxygen atoms in total. The van der Waals surface area contributed by atoms with Crippen molar-refractivity contribution in [1.29, 1.82) is 0 Å². The Labute approximate surface area is 133 Å². The van der Waals surface area contributed by atoms with E-state index in [-0.39, 0.29) is 11.9 Å². The lowest BCUT2D eigenvalue weighted by Crippen LogP contribution is -2.28. The van der Waals surface area contributed by atoms with Crippen molar-refractivity contribution >= 4 is 16.9 Å².